The van der Waals surface area contributed by atoms with Crippen LogP contribution in [-0.4, -0.2) is 4.98 Å². The summed E-state index contributed by atoms with van der Waals surface area (Å²) in [5, 5.41) is 2.80. The summed E-state index contributed by atoms with van der Waals surface area (Å²) in [7, 11) is 0. The molecule has 51 heavy (non-hydrogen) atoms. The van der Waals surface area contributed by atoms with E-state index < -0.39 is 0 Å². The fourth-order valence-corrected chi connectivity index (χ4v) is 8.34. The molecule has 10 rings (SSSR count). The van der Waals surface area contributed by atoms with Crippen molar-refractivity contribution in [2.45, 2.75) is 31.6 Å². The van der Waals surface area contributed by atoms with Gasteiger partial charge < -0.3 is 0 Å². The summed E-state index contributed by atoms with van der Waals surface area (Å²) in [4.78, 5) is 5.06. The third-order valence-corrected chi connectivity index (χ3v) is 11.1. The van der Waals surface area contributed by atoms with Crippen LogP contribution in [0.2, 0.25) is 0 Å². The highest BCUT2D eigenvalue weighted by molar-refractivity contribution is 6.02. The van der Waals surface area contributed by atoms with Crippen LogP contribution < -0.4 is 0 Å². The van der Waals surface area contributed by atoms with E-state index in [4.69, 9.17) is 4.98 Å². The van der Waals surface area contributed by atoms with Gasteiger partial charge in [0.2, 0.25) is 0 Å². The van der Waals surface area contributed by atoms with E-state index in [-0.39, 0.29) is 0 Å². The number of pyridine rings is 1. The molecule has 242 valence electrons. The van der Waals surface area contributed by atoms with Gasteiger partial charge in [-0.05, 0) is 116 Å². The molecule has 0 N–H and O–H groups in total. The van der Waals surface area contributed by atoms with Crippen LogP contribution >= 0.6 is 0 Å². The van der Waals surface area contributed by atoms with Crippen molar-refractivity contribution in [2.24, 2.45) is 0 Å². The van der Waals surface area contributed by atoms with Gasteiger partial charge in [-0.1, -0.05) is 152 Å². The molecule has 1 unspecified atom stereocenters. The molecule has 1 atom stereocenters. The zero-order valence-electron chi connectivity index (χ0n) is 28.5. The van der Waals surface area contributed by atoms with Crippen molar-refractivity contribution in [3.05, 3.63) is 198 Å². The van der Waals surface area contributed by atoms with E-state index >= 15 is 0 Å². The molecule has 1 aromatic heterocycles. The van der Waals surface area contributed by atoms with Crippen LogP contribution in [0, 0.1) is 0 Å². The first-order valence-corrected chi connectivity index (χ1v) is 18.2. The van der Waals surface area contributed by atoms with Gasteiger partial charge in [0.05, 0.1) is 11.4 Å². The maximum atomic E-state index is 5.06. The minimum Gasteiger partial charge on any atom is -0.248 e. The molecule has 1 nitrogen and oxygen atoms in total. The normalized spacial score (nSPS) is 15.9. The average molecular weight is 652 g/mol. The lowest BCUT2D eigenvalue weighted by atomic mass is 9.77. The predicted molar refractivity (Wildman–Crippen MR) is 214 cm³/mol. The number of hydrogen-bond acceptors (Lipinski definition) is 1. The molecule has 0 amide bonds. The first-order chi connectivity index (χ1) is 25.2. The Morgan fingerprint density at radius 3 is 1.86 bits per heavy atom. The molecule has 0 spiro atoms. The van der Waals surface area contributed by atoms with Gasteiger partial charge in [-0.3, -0.25) is 0 Å². The van der Waals surface area contributed by atoms with Crippen molar-refractivity contribution in [3.8, 4) is 44.8 Å². The quantitative estimate of drug-likeness (QED) is 0.174. The minimum absolute atomic E-state index is 0.446. The van der Waals surface area contributed by atoms with Gasteiger partial charge in [-0.15, -0.1) is 0 Å². The first kappa shape index (κ1) is 29.8. The van der Waals surface area contributed by atoms with Gasteiger partial charge in [0.1, 0.15) is 0 Å². The van der Waals surface area contributed by atoms with Crippen molar-refractivity contribution in [1.82, 2.24) is 4.98 Å². The highest BCUT2D eigenvalue weighted by Crippen LogP contribution is 2.47. The molecule has 3 aliphatic carbocycles. The van der Waals surface area contributed by atoms with E-state index in [1.165, 1.54) is 72.0 Å². The minimum atomic E-state index is 0.446. The van der Waals surface area contributed by atoms with Crippen molar-refractivity contribution in [2.75, 3.05) is 0 Å². The van der Waals surface area contributed by atoms with Gasteiger partial charge in [0, 0.05) is 17.0 Å². The Morgan fingerprint density at radius 2 is 1.18 bits per heavy atom. The molecule has 0 bridgehead atoms. The summed E-state index contributed by atoms with van der Waals surface area (Å²) in [6.45, 7) is 0. The fraction of sp³-hybridized carbons (Fsp3) is 0.100. The molecule has 0 radical (unpaired) electrons. The van der Waals surface area contributed by atoms with Crippen LogP contribution in [0.5, 0.6) is 0 Å². The molecule has 6 aromatic carbocycles. The van der Waals surface area contributed by atoms with E-state index in [9.17, 15) is 0 Å². The second-order valence-electron chi connectivity index (χ2n) is 14.2. The van der Waals surface area contributed by atoms with Gasteiger partial charge in [-0.25, -0.2) is 4.98 Å². The standard InChI is InChI=1S/C50H37N/c1-4-12-35(13-5-1)46-32-48-45-28-38(24-25-39(45)29-47(48)44-19-11-10-18-43(44)46)41-26-40(27-41)33-20-22-34(23-21-33)42-30-49(36-14-6-2-7-15-36)51-50(31-42)37-16-8-3-9-17-37/h1-4,6-12,14-26,28,30-32,41H,5,13,27,29H2. The van der Waals surface area contributed by atoms with E-state index in [1.54, 1.807) is 0 Å². The van der Waals surface area contributed by atoms with Gasteiger partial charge in [0.25, 0.3) is 0 Å². The van der Waals surface area contributed by atoms with E-state index in [2.05, 4.69) is 170 Å². The van der Waals surface area contributed by atoms with Gasteiger partial charge >= 0.3 is 0 Å². The van der Waals surface area contributed by atoms with Crippen LogP contribution in [0.15, 0.2) is 170 Å². The molecule has 1 heterocycles. The third-order valence-electron chi connectivity index (χ3n) is 11.1. The Hall–Kier alpha value is -6.05. The number of allylic oxidation sites excluding steroid dienone is 6. The zero-order valence-corrected chi connectivity index (χ0v) is 28.5. The Labute approximate surface area is 300 Å². The Morgan fingerprint density at radius 1 is 0.510 bits per heavy atom. The largest absolute Gasteiger partial charge is 0.248 e. The number of hydrogen-bond donors (Lipinski definition) is 0. The number of fused-ring (bicyclic) bond motifs is 5. The van der Waals surface area contributed by atoms with Gasteiger partial charge in [-0.2, -0.15) is 0 Å². The highest BCUT2D eigenvalue weighted by Gasteiger charge is 2.27. The highest BCUT2D eigenvalue weighted by atomic mass is 14.7. The zero-order chi connectivity index (χ0) is 33.7. The summed E-state index contributed by atoms with van der Waals surface area (Å²) < 4.78 is 0. The van der Waals surface area contributed by atoms with Crippen LogP contribution in [0.4, 0.5) is 0 Å². The molecule has 7 aromatic rings. The molecule has 0 saturated heterocycles. The summed E-state index contributed by atoms with van der Waals surface area (Å²) in [5.74, 6) is 0.446. The maximum absolute atomic E-state index is 5.06. The molecule has 0 fully saturated rings. The lowest BCUT2D eigenvalue weighted by Gasteiger charge is -2.27. The van der Waals surface area contributed by atoms with Crippen LogP contribution in [0.3, 0.4) is 0 Å². The van der Waals surface area contributed by atoms with Crippen LogP contribution in [0.25, 0.3) is 66.7 Å². The summed E-state index contributed by atoms with van der Waals surface area (Å²) >= 11 is 0. The monoisotopic (exact) mass is 651 g/mol. The summed E-state index contributed by atoms with van der Waals surface area (Å²) in [5.41, 5.74) is 19.4. The second-order valence-corrected chi connectivity index (χ2v) is 14.2. The van der Waals surface area contributed by atoms with Gasteiger partial charge in [0.15, 0.2) is 0 Å². The molecule has 0 saturated carbocycles. The maximum Gasteiger partial charge on any atom is 0.0715 e. The molecule has 3 aliphatic rings. The third kappa shape index (κ3) is 5.38. The van der Waals surface area contributed by atoms with Crippen LogP contribution in [0.1, 0.15) is 53.0 Å². The fourth-order valence-electron chi connectivity index (χ4n) is 8.34. The van der Waals surface area contributed by atoms with Crippen molar-refractivity contribution in [3.63, 3.8) is 0 Å². The molecule has 1 heteroatoms. The lowest BCUT2D eigenvalue weighted by molar-refractivity contribution is 0.815. The number of nitrogens with zero attached hydrogens (tertiary/aromatic N) is 1. The van der Waals surface area contributed by atoms with E-state index in [0.29, 0.717) is 5.92 Å². The van der Waals surface area contributed by atoms with E-state index in [0.717, 1.165) is 48.2 Å². The smallest absolute Gasteiger partial charge is 0.0715 e. The average Bonchev–Trinajstić information content (AvgIpc) is 3.56. The first-order valence-electron chi connectivity index (χ1n) is 18.2. The lowest BCUT2D eigenvalue weighted by Crippen LogP contribution is -2.08. The summed E-state index contributed by atoms with van der Waals surface area (Å²) in [6.07, 6.45) is 13.6. The van der Waals surface area contributed by atoms with Crippen molar-refractivity contribution < 1.29 is 0 Å². The topological polar surface area (TPSA) is 12.9 Å². The Balaban J connectivity index is 0.941. The SMILES string of the molecule is C1=CCCC(c2cc3c(c4ccccc24)Cc2ccc(C4C=C(c5ccc(-c6cc(-c7ccccc7)nc(-c7ccccc7)c6)cc5)C4)cc2-3)=C1. The number of rotatable bonds is 6. The number of benzene rings is 6. The predicted octanol–water partition coefficient (Wildman–Crippen LogP) is 13.1. The van der Waals surface area contributed by atoms with E-state index in [1.807, 2.05) is 0 Å². The van der Waals surface area contributed by atoms with Crippen molar-refractivity contribution in [1.29, 1.82) is 0 Å². The molecular weight excluding hydrogens is 615 g/mol. The summed E-state index contributed by atoms with van der Waals surface area (Å²) in [6, 6.07) is 53.3. The Kier molecular flexibility index (Phi) is 7.24. The Bertz CT molecular complexity index is 2490. The molecule has 0 aliphatic heterocycles. The van der Waals surface area contributed by atoms with Crippen LogP contribution in [-0.2, 0) is 6.42 Å². The second kappa shape index (κ2) is 12.4. The molecular formula is C50H37N. The van der Waals surface area contributed by atoms with Crippen molar-refractivity contribution >= 4 is 21.9 Å². The number of aromatic nitrogens is 1.